The number of benzene rings is 1. The minimum atomic E-state index is -1.06. The Kier molecular flexibility index (Phi) is 5.99. The highest BCUT2D eigenvalue weighted by atomic mass is 35.5. The van der Waals surface area contributed by atoms with Crippen molar-refractivity contribution in [3.05, 3.63) is 29.3 Å². The van der Waals surface area contributed by atoms with Gasteiger partial charge in [-0.15, -0.1) is 12.4 Å². The molecule has 0 amide bonds. The van der Waals surface area contributed by atoms with Gasteiger partial charge in [0.1, 0.15) is 11.5 Å². The molecule has 0 heterocycles. The first-order valence-corrected chi connectivity index (χ1v) is 5.39. The summed E-state index contributed by atoms with van der Waals surface area (Å²) >= 11 is 0. The fraction of sp³-hybridized carbons (Fsp3) is 0.500. The van der Waals surface area contributed by atoms with Crippen LogP contribution in [0.5, 0.6) is 0 Å². The molecule has 18 heavy (non-hydrogen) atoms. The third-order valence-electron chi connectivity index (χ3n) is 2.34. The zero-order valence-corrected chi connectivity index (χ0v) is 11.4. The summed E-state index contributed by atoms with van der Waals surface area (Å²) in [5.41, 5.74) is 4.47. The van der Waals surface area contributed by atoms with Gasteiger partial charge in [0.15, 0.2) is 5.82 Å². The van der Waals surface area contributed by atoms with Crippen LogP contribution in [0.1, 0.15) is 32.4 Å². The number of halogens is 3. The Labute approximate surface area is 112 Å². The smallest absolute Gasteiger partial charge is 0.154 e. The summed E-state index contributed by atoms with van der Waals surface area (Å²) < 4.78 is 26.5. The Morgan fingerprint density at radius 2 is 1.89 bits per heavy atom. The predicted molar refractivity (Wildman–Crippen MR) is 70.7 cm³/mol. The van der Waals surface area contributed by atoms with Crippen LogP contribution in [0.25, 0.3) is 0 Å². The summed E-state index contributed by atoms with van der Waals surface area (Å²) in [4.78, 5) is 0. The molecule has 0 radical (unpaired) electrons. The van der Waals surface area contributed by atoms with Gasteiger partial charge in [0, 0.05) is 17.6 Å². The maximum absolute atomic E-state index is 13.6. The third-order valence-corrected chi connectivity index (χ3v) is 2.34. The van der Waals surface area contributed by atoms with Crippen LogP contribution in [0.4, 0.5) is 14.5 Å². The molecule has 0 saturated heterocycles. The van der Waals surface area contributed by atoms with E-state index >= 15 is 0 Å². The molecule has 0 unspecified atom stereocenters. The van der Waals surface area contributed by atoms with Gasteiger partial charge in [-0.2, -0.15) is 0 Å². The molecule has 104 valence electrons. The summed E-state index contributed by atoms with van der Waals surface area (Å²) in [5, 5.41) is 12.8. The van der Waals surface area contributed by atoms with Gasteiger partial charge in [0.25, 0.3) is 0 Å². The third kappa shape index (κ3) is 4.40. The average molecular weight is 281 g/mol. The fourth-order valence-electron chi connectivity index (χ4n) is 1.36. The highest BCUT2D eigenvalue weighted by Gasteiger charge is 2.19. The molecule has 0 fully saturated rings. The van der Waals surface area contributed by atoms with Crippen molar-refractivity contribution in [2.75, 3.05) is 12.3 Å². The van der Waals surface area contributed by atoms with Gasteiger partial charge < -0.3 is 16.2 Å². The van der Waals surface area contributed by atoms with Crippen molar-refractivity contribution >= 4 is 18.1 Å². The fourth-order valence-corrected chi connectivity index (χ4v) is 1.36. The van der Waals surface area contributed by atoms with E-state index in [1.165, 1.54) is 6.07 Å². The molecular formula is C12H19ClF2N2O. The lowest BCUT2D eigenvalue weighted by atomic mass is 10.0. The highest BCUT2D eigenvalue weighted by Crippen LogP contribution is 2.24. The van der Waals surface area contributed by atoms with Gasteiger partial charge in [-0.05, 0) is 26.8 Å². The maximum atomic E-state index is 13.6. The number of rotatable bonds is 3. The molecule has 3 nitrogen and oxygen atoms in total. The first-order chi connectivity index (χ1) is 7.72. The molecule has 0 aliphatic rings. The second kappa shape index (κ2) is 6.31. The molecular weight excluding hydrogens is 262 g/mol. The standard InChI is InChI=1S/C12H18F2N2O.ClH/c1-12(2,3)16-6-9(17)7-4-5-8(13)11(15)10(7)14;/h4-5,9,16-17H,6,15H2,1-3H3;1H/t9-;/m0./s1. The summed E-state index contributed by atoms with van der Waals surface area (Å²) in [7, 11) is 0. The van der Waals surface area contributed by atoms with Gasteiger partial charge in [-0.3, -0.25) is 0 Å². The van der Waals surface area contributed by atoms with E-state index in [0.717, 1.165) is 6.07 Å². The van der Waals surface area contributed by atoms with Crippen LogP contribution in [0.3, 0.4) is 0 Å². The number of hydrogen-bond donors (Lipinski definition) is 3. The van der Waals surface area contributed by atoms with Crippen LogP contribution in [-0.4, -0.2) is 17.2 Å². The molecule has 1 aromatic carbocycles. The van der Waals surface area contributed by atoms with Crippen LogP contribution in [0.15, 0.2) is 12.1 Å². The van der Waals surface area contributed by atoms with Crippen molar-refractivity contribution in [1.29, 1.82) is 0 Å². The Morgan fingerprint density at radius 3 is 2.39 bits per heavy atom. The quantitative estimate of drug-likeness (QED) is 0.745. The van der Waals surface area contributed by atoms with Crippen LogP contribution in [0.2, 0.25) is 0 Å². The van der Waals surface area contributed by atoms with E-state index < -0.39 is 23.4 Å². The van der Waals surface area contributed by atoms with Crippen LogP contribution in [-0.2, 0) is 0 Å². The summed E-state index contributed by atoms with van der Waals surface area (Å²) in [6.45, 7) is 5.95. The lowest BCUT2D eigenvalue weighted by molar-refractivity contribution is 0.159. The Balaban J connectivity index is 0.00000289. The molecule has 0 aliphatic carbocycles. The Bertz CT molecular complexity index is 408. The van der Waals surface area contributed by atoms with Gasteiger partial charge >= 0.3 is 0 Å². The molecule has 0 aromatic heterocycles. The van der Waals surface area contributed by atoms with Crippen molar-refractivity contribution in [3.8, 4) is 0 Å². The lowest BCUT2D eigenvalue weighted by Crippen LogP contribution is -2.38. The normalized spacial score (nSPS) is 13.0. The SMILES string of the molecule is CC(C)(C)NC[C@H](O)c1ccc(F)c(N)c1F.Cl. The number of nitrogen functional groups attached to an aromatic ring is 1. The Morgan fingerprint density at radius 1 is 1.33 bits per heavy atom. The van der Waals surface area contributed by atoms with Crippen molar-refractivity contribution < 1.29 is 13.9 Å². The second-order valence-corrected chi connectivity index (χ2v) is 5.01. The van der Waals surface area contributed by atoms with Gasteiger partial charge in [0.05, 0.1) is 6.10 Å². The monoisotopic (exact) mass is 280 g/mol. The molecule has 1 rings (SSSR count). The first-order valence-electron chi connectivity index (χ1n) is 5.39. The molecule has 1 atom stereocenters. The first kappa shape index (κ1) is 17.1. The zero-order valence-electron chi connectivity index (χ0n) is 10.6. The molecule has 0 spiro atoms. The summed E-state index contributed by atoms with van der Waals surface area (Å²) in [5.74, 6) is -1.71. The number of aliphatic hydroxyl groups is 1. The second-order valence-electron chi connectivity index (χ2n) is 5.01. The van der Waals surface area contributed by atoms with E-state index in [4.69, 9.17) is 5.73 Å². The van der Waals surface area contributed by atoms with E-state index in [0.29, 0.717) is 0 Å². The van der Waals surface area contributed by atoms with E-state index in [2.05, 4.69) is 5.32 Å². The molecule has 0 saturated carbocycles. The maximum Gasteiger partial charge on any atom is 0.154 e. The lowest BCUT2D eigenvalue weighted by Gasteiger charge is -2.23. The van der Waals surface area contributed by atoms with Crippen LogP contribution in [0, 0.1) is 11.6 Å². The summed E-state index contributed by atoms with van der Waals surface area (Å²) in [6.07, 6.45) is -1.06. The van der Waals surface area contributed by atoms with E-state index in [9.17, 15) is 13.9 Å². The van der Waals surface area contributed by atoms with Crippen LogP contribution >= 0.6 is 12.4 Å². The molecule has 4 N–H and O–H groups in total. The van der Waals surface area contributed by atoms with E-state index in [1.54, 1.807) is 0 Å². The molecule has 0 aliphatic heterocycles. The molecule has 0 bridgehead atoms. The van der Waals surface area contributed by atoms with Gasteiger partial charge in [-0.25, -0.2) is 8.78 Å². The van der Waals surface area contributed by atoms with Crippen molar-refractivity contribution in [1.82, 2.24) is 5.32 Å². The van der Waals surface area contributed by atoms with E-state index in [-0.39, 0.29) is 30.1 Å². The molecule has 6 heteroatoms. The van der Waals surface area contributed by atoms with Crippen molar-refractivity contribution in [3.63, 3.8) is 0 Å². The van der Waals surface area contributed by atoms with Crippen LogP contribution < -0.4 is 11.1 Å². The Hall–Kier alpha value is -0.910. The number of β-amino-alcohol motifs (C(OH)–C–C–N with tert-alkyl or cyclic N) is 1. The van der Waals surface area contributed by atoms with Crippen molar-refractivity contribution in [2.24, 2.45) is 0 Å². The topological polar surface area (TPSA) is 58.3 Å². The number of nitrogens with one attached hydrogen (secondary N) is 1. The van der Waals surface area contributed by atoms with Crippen molar-refractivity contribution in [2.45, 2.75) is 32.4 Å². The summed E-state index contributed by atoms with van der Waals surface area (Å²) in [6, 6.07) is 2.25. The number of nitrogens with two attached hydrogens (primary N) is 1. The minimum absolute atomic E-state index is 0. The van der Waals surface area contributed by atoms with Gasteiger partial charge in [0.2, 0.25) is 0 Å². The zero-order chi connectivity index (χ0) is 13.2. The predicted octanol–water partition coefficient (Wildman–Crippen LogP) is 2.39. The molecule has 1 aromatic rings. The minimum Gasteiger partial charge on any atom is -0.394 e. The largest absolute Gasteiger partial charge is 0.394 e. The highest BCUT2D eigenvalue weighted by molar-refractivity contribution is 5.85. The van der Waals surface area contributed by atoms with E-state index in [1.807, 2.05) is 20.8 Å². The van der Waals surface area contributed by atoms with Gasteiger partial charge in [-0.1, -0.05) is 6.07 Å². The number of anilines is 1. The number of hydrogen-bond acceptors (Lipinski definition) is 3. The average Bonchev–Trinajstić information content (AvgIpc) is 2.22. The number of aliphatic hydroxyl groups excluding tert-OH is 1.